The molecule has 2 N–H and O–H groups in total. The van der Waals surface area contributed by atoms with Crippen LogP contribution in [0.2, 0.25) is 0 Å². The van der Waals surface area contributed by atoms with Gasteiger partial charge in [0.05, 0.1) is 6.61 Å². The van der Waals surface area contributed by atoms with Gasteiger partial charge in [-0.25, -0.2) is 0 Å². The van der Waals surface area contributed by atoms with Crippen molar-refractivity contribution in [1.29, 1.82) is 0 Å². The molecule has 0 saturated carbocycles. The number of nitrogens with two attached hydrogens (primary N) is 1. The Morgan fingerprint density at radius 2 is 2.00 bits per heavy atom. The van der Waals surface area contributed by atoms with Gasteiger partial charge < -0.3 is 8.92 Å². The van der Waals surface area contributed by atoms with E-state index in [0.29, 0.717) is 12.4 Å². The molecular weight excluding hydrogens is 206 g/mol. The van der Waals surface area contributed by atoms with Gasteiger partial charge >= 0.3 is 10.3 Å². The second kappa shape index (κ2) is 4.30. The van der Waals surface area contributed by atoms with Crippen molar-refractivity contribution < 1.29 is 17.3 Å². The molecule has 0 heterocycles. The summed E-state index contributed by atoms with van der Waals surface area (Å²) in [7, 11) is -3.96. The van der Waals surface area contributed by atoms with E-state index in [0.717, 1.165) is 0 Å². The third-order valence-electron chi connectivity index (χ3n) is 1.33. The molecule has 0 unspecified atom stereocenters. The van der Waals surface area contributed by atoms with Gasteiger partial charge in [-0.15, -0.1) is 0 Å². The highest BCUT2D eigenvalue weighted by atomic mass is 32.2. The Bertz CT molecular complexity index is 402. The predicted molar refractivity (Wildman–Crippen MR) is 51.3 cm³/mol. The molecule has 0 bridgehead atoms. The Balaban J connectivity index is 2.83. The van der Waals surface area contributed by atoms with Crippen LogP contribution in [0.1, 0.15) is 6.92 Å². The first kappa shape index (κ1) is 10.8. The van der Waals surface area contributed by atoms with Crippen LogP contribution >= 0.6 is 0 Å². The van der Waals surface area contributed by atoms with Crippen LogP contribution in [0.3, 0.4) is 0 Å². The molecule has 0 aliphatic rings. The van der Waals surface area contributed by atoms with Gasteiger partial charge in [-0.3, -0.25) is 0 Å². The van der Waals surface area contributed by atoms with Gasteiger partial charge in [0, 0.05) is 6.07 Å². The Hall–Kier alpha value is -1.27. The fraction of sp³-hybridized carbons (Fsp3) is 0.250. The second-order valence-corrected chi connectivity index (χ2v) is 3.64. The average molecular weight is 217 g/mol. The molecule has 0 atom stereocenters. The van der Waals surface area contributed by atoms with Gasteiger partial charge in [-0.1, -0.05) is 6.07 Å². The smallest absolute Gasteiger partial charge is 0.380 e. The number of hydrogen-bond acceptors (Lipinski definition) is 4. The molecule has 0 aliphatic carbocycles. The molecule has 78 valence electrons. The third-order valence-corrected chi connectivity index (χ3v) is 1.75. The normalized spacial score (nSPS) is 11.0. The van der Waals surface area contributed by atoms with E-state index in [4.69, 9.17) is 9.88 Å². The summed E-state index contributed by atoms with van der Waals surface area (Å²) in [4.78, 5) is 0. The maximum atomic E-state index is 10.6. The standard InChI is InChI=1S/C8H11NO4S/c1-2-12-7-4-3-5-8(6-7)13-14(9,10)11/h3-6H,2H2,1H3,(H2,9,10,11). The van der Waals surface area contributed by atoms with Gasteiger partial charge in [0.1, 0.15) is 11.5 Å². The third kappa shape index (κ3) is 3.63. The van der Waals surface area contributed by atoms with Crippen LogP contribution in [0.5, 0.6) is 11.5 Å². The quantitative estimate of drug-likeness (QED) is 0.803. The molecule has 0 spiro atoms. The minimum absolute atomic E-state index is 0.137. The lowest BCUT2D eigenvalue weighted by Gasteiger charge is -2.05. The molecule has 1 aromatic carbocycles. The summed E-state index contributed by atoms with van der Waals surface area (Å²) in [5, 5.41) is 4.70. The molecule has 6 heteroatoms. The lowest BCUT2D eigenvalue weighted by molar-refractivity contribution is 0.339. The van der Waals surface area contributed by atoms with Crippen LogP contribution in [-0.2, 0) is 10.3 Å². The van der Waals surface area contributed by atoms with Crippen molar-refractivity contribution >= 4 is 10.3 Å². The summed E-state index contributed by atoms with van der Waals surface area (Å²) in [6.45, 7) is 2.33. The molecule has 0 radical (unpaired) electrons. The van der Waals surface area contributed by atoms with E-state index in [-0.39, 0.29) is 5.75 Å². The van der Waals surface area contributed by atoms with Gasteiger partial charge in [-0.05, 0) is 19.1 Å². The molecule has 5 nitrogen and oxygen atoms in total. The molecule has 14 heavy (non-hydrogen) atoms. The lowest BCUT2D eigenvalue weighted by atomic mass is 10.3. The summed E-state index contributed by atoms with van der Waals surface area (Å²) in [6.07, 6.45) is 0. The second-order valence-electron chi connectivity index (χ2n) is 2.48. The van der Waals surface area contributed by atoms with Gasteiger partial charge in [0.25, 0.3) is 0 Å². The van der Waals surface area contributed by atoms with Crippen molar-refractivity contribution in [2.75, 3.05) is 6.61 Å². The number of hydrogen-bond donors (Lipinski definition) is 1. The number of rotatable bonds is 4. The molecule has 0 amide bonds. The first-order valence-electron chi connectivity index (χ1n) is 3.96. The average Bonchev–Trinajstić information content (AvgIpc) is 2.02. The van der Waals surface area contributed by atoms with Crippen LogP contribution in [0, 0.1) is 0 Å². The number of ether oxygens (including phenoxy) is 1. The van der Waals surface area contributed by atoms with E-state index < -0.39 is 10.3 Å². The summed E-state index contributed by atoms with van der Waals surface area (Å²) >= 11 is 0. The first-order chi connectivity index (χ1) is 6.51. The zero-order valence-electron chi connectivity index (χ0n) is 7.64. The summed E-state index contributed by atoms with van der Waals surface area (Å²) in [5.41, 5.74) is 0. The highest BCUT2D eigenvalue weighted by molar-refractivity contribution is 7.84. The van der Waals surface area contributed by atoms with Crippen molar-refractivity contribution in [3.05, 3.63) is 24.3 Å². The highest BCUT2D eigenvalue weighted by Crippen LogP contribution is 2.19. The van der Waals surface area contributed by atoms with Crippen molar-refractivity contribution in [3.63, 3.8) is 0 Å². The minimum Gasteiger partial charge on any atom is -0.494 e. The summed E-state index contributed by atoms with van der Waals surface area (Å²) in [6, 6.07) is 6.24. The molecular formula is C8H11NO4S. The largest absolute Gasteiger partial charge is 0.494 e. The first-order valence-corrected chi connectivity index (χ1v) is 5.43. The van der Waals surface area contributed by atoms with Crippen LogP contribution in [0.4, 0.5) is 0 Å². The van der Waals surface area contributed by atoms with Gasteiger partial charge in [0.2, 0.25) is 0 Å². The molecule has 1 aromatic rings. The predicted octanol–water partition coefficient (Wildman–Crippen LogP) is 0.668. The molecule has 0 saturated heterocycles. The zero-order chi connectivity index (χ0) is 10.6. The highest BCUT2D eigenvalue weighted by Gasteiger charge is 2.05. The SMILES string of the molecule is CCOc1cccc(OS(N)(=O)=O)c1. The summed E-state index contributed by atoms with van der Waals surface area (Å²) in [5.74, 6) is 0.673. The van der Waals surface area contributed by atoms with Gasteiger partial charge in [-0.2, -0.15) is 13.6 Å². The summed E-state index contributed by atoms with van der Waals surface area (Å²) < 4.78 is 30.8. The van der Waals surface area contributed by atoms with Crippen molar-refractivity contribution in [2.24, 2.45) is 5.14 Å². The monoisotopic (exact) mass is 217 g/mol. The Morgan fingerprint density at radius 1 is 1.36 bits per heavy atom. The lowest BCUT2D eigenvalue weighted by Crippen LogP contribution is -2.18. The van der Waals surface area contributed by atoms with Crippen molar-refractivity contribution in [2.45, 2.75) is 6.92 Å². The molecule has 0 aliphatic heterocycles. The molecule has 1 rings (SSSR count). The minimum atomic E-state index is -3.96. The Labute approximate surface area is 82.7 Å². The molecule has 0 fully saturated rings. The van der Waals surface area contributed by atoms with Crippen molar-refractivity contribution in [1.82, 2.24) is 0 Å². The van der Waals surface area contributed by atoms with Crippen LogP contribution in [-0.4, -0.2) is 15.0 Å². The topological polar surface area (TPSA) is 78.6 Å². The van der Waals surface area contributed by atoms with E-state index in [1.165, 1.54) is 12.1 Å². The van der Waals surface area contributed by atoms with E-state index in [2.05, 4.69) is 4.18 Å². The van der Waals surface area contributed by atoms with Crippen molar-refractivity contribution in [3.8, 4) is 11.5 Å². The maximum absolute atomic E-state index is 10.6. The number of benzene rings is 1. The van der Waals surface area contributed by atoms with Crippen LogP contribution in [0.15, 0.2) is 24.3 Å². The van der Waals surface area contributed by atoms with Gasteiger partial charge in [0.15, 0.2) is 0 Å². The molecule has 0 aromatic heterocycles. The fourth-order valence-corrected chi connectivity index (χ4v) is 1.29. The van der Waals surface area contributed by atoms with Crippen LogP contribution in [0.25, 0.3) is 0 Å². The van der Waals surface area contributed by atoms with E-state index in [9.17, 15) is 8.42 Å². The Morgan fingerprint density at radius 3 is 2.57 bits per heavy atom. The van der Waals surface area contributed by atoms with E-state index in [1.54, 1.807) is 12.1 Å². The maximum Gasteiger partial charge on any atom is 0.380 e. The van der Waals surface area contributed by atoms with E-state index >= 15 is 0 Å². The fourth-order valence-electron chi connectivity index (χ4n) is 0.917. The van der Waals surface area contributed by atoms with E-state index in [1.807, 2.05) is 6.92 Å². The van der Waals surface area contributed by atoms with Crippen LogP contribution < -0.4 is 14.1 Å². The Kier molecular flexibility index (Phi) is 3.32. The zero-order valence-corrected chi connectivity index (χ0v) is 8.45.